The molecule has 5 nitrogen and oxygen atoms in total. The van der Waals surface area contributed by atoms with Crippen molar-refractivity contribution < 1.29 is 4.79 Å². The normalized spacial score (nSPS) is 23.3. The molecule has 3 rings (SSSR count). The number of nitrogens with one attached hydrogen (secondary N) is 1. The van der Waals surface area contributed by atoms with Crippen LogP contribution in [0.15, 0.2) is 18.3 Å². The molecule has 2 aromatic rings. The molecule has 0 bridgehead atoms. The second-order valence-corrected chi connectivity index (χ2v) is 6.77. The first-order valence-corrected chi connectivity index (χ1v) is 8.02. The highest BCUT2D eigenvalue weighted by molar-refractivity contribution is 7.21. The topological polar surface area (TPSA) is 71.2 Å². The fraction of sp³-hybridized carbons (Fsp3) is 0.467. The van der Waals surface area contributed by atoms with Crippen molar-refractivity contribution in [2.75, 3.05) is 19.3 Å². The minimum Gasteiger partial charge on any atom is -0.396 e. The van der Waals surface area contributed by atoms with E-state index in [4.69, 9.17) is 5.73 Å². The molecule has 1 aliphatic heterocycles. The van der Waals surface area contributed by atoms with Gasteiger partial charge in [-0.25, -0.2) is 0 Å². The molecular formula is C15H20N4OS. The number of nitrogens with two attached hydrogens (primary N) is 1. The lowest BCUT2D eigenvalue weighted by Gasteiger charge is -2.35. The zero-order chi connectivity index (χ0) is 15.0. The molecule has 3 N–H and O–H groups in total. The maximum atomic E-state index is 12.5. The molecule has 1 amide bonds. The first kappa shape index (κ1) is 14.3. The third-order valence-corrected chi connectivity index (χ3v) is 5.39. The smallest absolute Gasteiger partial charge is 0.263 e. The molecule has 2 unspecified atom stereocenters. The van der Waals surface area contributed by atoms with Gasteiger partial charge in [-0.15, -0.1) is 11.3 Å². The van der Waals surface area contributed by atoms with E-state index in [2.05, 4.69) is 29.2 Å². The fourth-order valence-electron chi connectivity index (χ4n) is 2.79. The Morgan fingerprint density at radius 3 is 3.10 bits per heavy atom. The van der Waals surface area contributed by atoms with Crippen LogP contribution in [0, 0.1) is 0 Å². The lowest BCUT2D eigenvalue weighted by Crippen LogP contribution is -2.47. The van der Waals surface area contributed by atoms with Crippen LogP contribution in [-0.4, -0.2) is 41.5 Å². The summed E-state index contributed by atoms with van der Waals surface area (Å²) in [5.41, 5.74) is 7.29. The zero-order valence-corrected chi connectivity index (χ0v) is 13.1. The van der Waals surface area contributed by atoms with Gasteiger partial charge < -0.3 is 16.0 Å². The number of rotatable bonds is 2. The lowest BCUT2D eigenvalue weighted by molar-refractivity contribution is 0.0901. The van der Waals surface area contributed by atoms with Crippen molar-refractivity contribution in [2.45, 2.75) is 31.8 Å². The van der Waals surface area contributed by atoms with Crippen LogP contribution in [0.4, 0.5) is 5.69 Å². The molecule has 1 aliphatic rings. The summed E-state index contributed by atoms with van der Waals surface area (Å²) < 4.78 is 0.955. The number of hydrogen-bond acceptors (Lipinski definition) is 5. The van der Waals surface area contributed by atoms with Gasteiger partial charge in [-0.05, 0) is 38.9 Å². The summed E-state index contributed by atoms with van der Waals surface area (Å²) in [4.78, 5) is 19.6. The van der Waals surface area contributed by atoms with Gasteiger partial charge in [-0.2, -0.15) is 0 Å². The molecule has 0 aliphatic carbocycles. The van der Waals surface area contributed by atoms with Crippen LogP contribution in [0.5, 0.6) is 0 Å². The second-order valence-electron chi connectivity index (χ2n) is 5.72. The number of likely N-dealkylation sites (tertiary alicyclic amines) is 1. The lowest BCUT2D eigenvalue weighted by atomic mass is 9.99. The average molecular weight is 304 g/mol. The molecule has 1 saturated heterocycles. The molecule has 2 aromatic heterocycles. The SMILES string of the molecule is CC1CC(NC(=O)c2sc3cccnc3c2N)CCN1C. The third kappa shape index (κ3) is 2.73. The molecule has 2 atom stereocenters. The summed E-state index contributed by atoms with van der Waals surface area (Å²) in [7, 11) is 2.12. The number of piperidine rings is 1. The number of carbonyl (C=O) groups is 1. The van der Waals surface area contributed by atoms with E-state index in [1.54, 1.807) is 6.20 Å². The summed E-state index contributed by atoms with van der Waals surface area (Å²) >= 11 is 1.41. The Morgan fingerprint density at radius 1 is 1.57 bits per heavy atom. The van der Waals surface area contributed by atoms with Crippen molar-refractivity contribution >= 4 is 33.1 Å². The second kappa shape index (κ2) is 5.61. The zero-order valence-electron chi connectivity index (χ0n) is 12.3. The summed E-state index contributed by atoms with van der Waals surface area (Å²) in [6, 6.07) is 4.52. The molecule has 0 saturated carbocycles. The summed E-state index contributed by atoms with van der Waals surface area (Å²) in [5.74, 6) is -0.0720. The number of thiophene rings is 1. The highest BCUT2D eigenvalue weighted by atomic mass is 32.1. The molecule has 0 aromatic carbocycles. The Morgan fingerprint density at radius 2 is 2.38 bits per heavy atom. The Hall–Kier alpha value is -1.66. The van der Waals surface area contributed by atoms with Gasteiger partial charge in [0.1, 0.15) is 10.4 Å². The Bertz CT molecular complexity index is 669. The van der Waals surface area contributed by atoms with E-state index in [0.29, 0.717) is 16.6 Å². The van der Waals surface area contributed by atoms with Crippen LogP contribution >= 0.6 is 11.3 Å². The number of hydrogen-bond donors (Lipinski definition) is 2. The van der Waals surface area contributed by atoms with Crippen molar-refractivity contribution in [1.29, 1.82) is 0 Å². The van der Waals surface area contributed by atoms with E-state index in [0.717, 1.165) is 29.6 Å². The molecule has 1 fully saturated rings. The third-order valence-electron chi connectivity index (χ3n) is 4.23. The van der Waals surface area contributed by atoms with Crippen LogP contribution in [0.25, 0.3) is 10.2 Å². The van der Waals surface area contributed by atoms with Crippen LogP contribution in [0.2, 0.25) is 0 Å². The van der Waals surface area contributed by atoms with Gasteiger partial charge in [-0.1, -0.05) is 0 Å². The maximum Gasteiger partial charge on any atom is 0.263 e. The van der Waals surface area contributed by atoms with Crippen LogP contribution in [-0.2, 0) is 0 Å². The van der Waals surface area contributed by atoms with Gasteiger partial charge >= 0.3 is 0 Å². The van der Waals surface area contributed by atoms with Gasteiger partial charge in [-0.3, -0.25) is 9.78 Å². The van der Waals surface area contributed by atoms with E-state index in [1.165, 1.54) is 11.3 Å². The Kier molecular flexibility index (Phi) is 3.82. The predicted octanol–water partition coefficient (Wildman–Crippen LogP) is 2.09. The van der Waals surface area contributed by atoms with Crippen molar-refractivity contribution in [3.05, 3.63) is 23.2 Å². The van der Waals surface area contributed by atoms with E-state index in [-0.39, 0.29) is 11.9 Å². The van der Waals surface area contributed by atoms with Crippen molar-refractivity contribution in [1.82, 2.24) is 15.2 Å². The number of pyridine rings is 1. The van der Waals surface area contributed by atoms with E-state index >= 15 is 0 Å². The van der Waals surface area contributed by atoms with Gasteiger partial charge in [0.05, 0.1) is 10.4 Å². The summed E-state index contributed by atoms with van der Waals surface area (Å²) in [5, 5.41) is 3.12. The van der Waals surface area contributed by atoms with Crippen molar-refractivity contribution in [3.63, 3.8) is 0 Å². The molecule has 6 heteroatoms. The number of fused-ring (bicyclic) bond motifs is 1. The summed E-state index contributed by atoms with van der Waals surface area (Å²) in [6.45, 7) is 3.20. The highest BCUT2D eigenvalue weighted by Crippen LogP contribution is 2.32. The number of nitrogen functional groups attached to an aromatic ring is 1. The first-order valence-electron chi connectivity index (χ1n) is 7.20. The minimum absolute atomic E-state index is 0.0720. The van der Waals surface area contributed by atoms with Gasteiger partial charge in [0, 0.05) is 24.8 Å². The van der Waals surface area contributed by atoms with E-state index < -0.39 is 0 Å². The first-order chi connectivity index (χ1) is 10.1. The maximum absolute atomic E-state index is 12.5. The van der Waals surface area contributed by atoms with Crippen LogP contribution in [0.3, 0.4) is 0 Å². The average Bonchev–Trinajstić information content (AvgIpc) is 2.81. The van der Waals surface area contributed by atoms with Gasteiger partial charge in [0.15, 0.2) is 0 Å². The van der Waals surface area contributed by atoms with Gasteiger partial charge in [0.2, 0.25) is 0 Å². The van der Waals surface area contributed by atoms with Crippen molar-refractivity contribution in [3.8, 4) is 0 Å². The molecule has 112 valence electrons. The largest absolute Gasteiger partial charge is 0.396 e. The molecule has 21 heavy (non-hydrogen) atoms. The van der Waals surface area contributed by atoms with E-state index in [1.807, 2.05) is 12.1 Å². The highest BCUT2D eigenvalue weighted by Gasteiger charge is 2.26. The minimum atomic E-state index is -0.0720. The quantitative estimate of drug-likeness (QED) is 0.891. The molecule has 3 heterocycles. The molecule has 0 spiro atoms. The van der Waals surface area contributed by atoms with Crippen LogP contribution < -0.4 is 11.1 Å². The Labute approximate surface area is 128 Å². The van der Waals surface area contributed by atoms with Crippen molar-refractivity contribution in [2.24, 2.45) is 0 Å². The standard InChI is InChI=1S/C15H20N4OS/c1-9-8-10(5-7-19(9)2)18-15(20)14-12(16)13-11(21-14)4-3-6-17-13/h3-4,6,9-10H,5,7-8,16H2,1-2H3,(H,18,20). The number of aromatic nitrogens is 1. The van der Waals surface area contributed by atoms with E-state index in [9.17, 15) is 4.79 Å². The monoisotopic (exact) mass is 304 g/mol. The molecule has 0 radical (unpaired) electrons. The number of nitrogens with zero attached hydrogens (tertiary/aromatic N) is 2. The number of carbonyl (C=O) groups excluding carboxylic acids is 1. The predicted molar refractivity (Wildman–Crippen MR) is 86.6 cm³/mol. The summed E-state index contributed by atoms with van der Waals surface area (Å²) in [6.07, 6.45) is 3.66. The molecular weight excluding hydrogens is 284 g/mol. The Balaban J connectivity index is 1.77. The number of anilines is 1. The fourth-order valence-corrected chi connectivity index (χ4v) is 3.77. The van der Waals surface area contributed by atoms with Gasteiger partial charge in [0.25, 0.3) is 5.91 Å². The number of amides is 1. The van der Waals surface area contributed by atoms with Crippen LogP contribution in [0.1, 0.15) is 29.4 Å².